The molecule has 120 valence electrons. The van der Waals surface area contributed by atoms with Gasteiger partial charge in [0.1, 0.15) is 6.04 Å². The minimum absolute atomic E-state index is 0.0178. The fraction of sp³-hybridized carbons (Fsp3) is 0.867. The second-order valence-corrected chi connectivity index (χ2v) is 6.13. The summed E-state index contributed by atoms with van der Waals surface area (Å²) in [6.07, 6.45) is 3.30. The Kier molecular flexibility index (Phi) is 5.45. The van der Waals surface area contributed by atoms with Crippen LogP contribution in [0.15, 0.2) is 0 Å². The van der Waals surface area contributed by atoms with Gasteiger partial charge in [-0.25, -0.2) is 4.79 Å². The molecular weight excluding hydrogens is 272 g/mol. The van der Waals surface area contributed by atoms with Gasteiger partial charge in [-0.1, -0.05) is 0 Å². The van der Waals surface area contributed by atoms with Gasteiger partial charge in [0.15, 0.2) is 0 Å². The topological polar surface area (TPSA) is 67.9 Å². The Morgan fingerprint density at radius 2 is 1.76 bits per heavy atom. The lowest BCUT2D eigenvalue weighted by Gasteiger charge is -2.37. The van der Waals surface area contributed by atoms with Crippen molar-refractivity contribution in [2.24, 2.45) is 5.92 Å². The molecule has 2 aliphatic heterocycles. The Labute approximate surface area is 126 Å². The van der Waals surface area contributed by atoms with Gasteiger partial charge in [-0.2, -0.15) is 0 Å². The first-order valence-electron chi connectivity index (χ1n) is 7.80. The number of hydrogen-bond donors (Lipinski definition) is 1. The maximum atomic E-state index is 12.7. The van der Waals surface area contributed by atoms with Gasteiger partial charge in [-0.15, -0.1) is 0 Å². The van der Waals surface area contributed by atoms with Crippen molar-refractivity contribution in [1.29, 1.82) is 0 Å². The van der Waals surface area contributed by atoms with Gasteiger partial charge in [-0.05, 0) is 45.4 Å². The molecule has 0 unspecified atom stereocenters. The van der Waals surface area contributed by atoms with Gasteiger partial charge in [0.05, 0.1) is 19.3 Å². The number of carbonyl (C=O) groups excluding carboxylic acids is 2. The first-order chi connectivity index (χ1) is 10.0. The standard InChI is InChI=1S/C15H26N2O4/c1-10-8-12(9-11(2)21-10)13(16-15(19)20-3)14(18)17-6-4-5-7-17/h10-13H,4-9H2,1-3H3,(H,16,19)/t10-,11-,13+/m1/s1. The van der Waals surface area contributed by atoms with E-state index in [9.17, 15) is 9.59 Å². The molecule has 0 spiro atoms. The average molecular weight is 298 g/mol. The number of rotatable bonds is 3. The number of carbonyl (C=O) groups is 2. The Morgan fingerprint density at radius 1 is 1.19 bits per heavy atom. The number of nitrogens with zero attached hydrogens (tertiary/aromatic N) is 1. The first kappa shape index (κ1) is 16.1. The number of likely N-dealkylation sites (tertiary alicyclic amines) is 1. The molecule has 0 aromatic rings. The Bertz CT molecular complexity index is 372. The van der Waals surface area contributed by atoms with Crippen LogP contribution in [0.25, 0.3) is 0 Å². The summed E-state index contributed by atoms with van der Waals surface area (Å²) in [5.41, 5.74) is 0. The minimum atomic E-state index is -0.542. The third-order valence-corrected chi connectivity index (χ3v) is 4.35. The van der Waals surface area contributed by atoms with E-state index in [0.717, 1.165) is 38.8 Å². The zero-order valence-electron chi connectivity index (χ0n) is 13.1. The second-order valence-electron chi connectivity index (χ2n) is 6.13. The molecule has 0 aromatic heterocycles. The predicted octanol–water partition coefficient (Wildman–Crippen LogP) is 1.54. The van der Waals surface area contributed by atoms with Crippen LogP contribution < -0.4 is 5.32 Å². The SMILES string of the molecule is COC(=O)N[C@H](C(=O)N1CCCC1)C1C[C@@H](C)O[C@H](C)C1. The maximum Gasteiger partial charge on any atom is 0.407 e. The van der Waals surface area contributed by atoms with E-state index in [2.05, 4.69) is 10.1 Å². The van der Waals surface area contributed by atoms with E-state index in [-0.39, 0.29) is 24.0 Å². The Balaban J connectivity index is 2.10. The fourth-order valence-corrected chi connectivity index (χ4v) is 3.43. The van der Waals surface area contributed by atoms with Crippen molar-refractivity contribution in [2.45, 2.75) is 57.8 Å². The van der Waals surface area contributed by atoms with Crippen LogP contribution in [0, 0.1) is 5.92 Å². The van der Waals surface area contributed by atoms with E-state index in [1.54, 1.807) is 0 Å². The molecule has 0 bridgehead atoms. The molecular formula is C15H26N2O4. The van der Waals surface area contributed by atoms with Gasteiger partial charge >= 0.3 is 6.09 Å². The second kappa shape index (κ2) is 7.11. The van der Waals surface area contributed by atoms with E-state index >= 15 is 0 Å². The predicted molar refractivity (Wildman–Crippen MR) is 77.9 cm³/mol. The average Bonchev–Trinajstić information content (AvgIpc) is 2.96. The first-order valence-corrected chi connectivity index (χ1v) is 7.80. The van der Waals surface area contributed by atoms with Crippen molar-refractivity contribution in [3.63, 3.8) is 0 Å². The molecule has 6 nitrogen and oxygen atoms in total. The highest BCUT2D eigenvalue weighted by atomic mass is 16.5. The van der Waals surface area contributed by atoms with Gasteiger partial charge < -0.3 is 19.7 Å². The van der Waals surface area contributed by atoms with Crippen LogP contribution in [0.5, 0.6) is 0 Å². The van der Waals surface area contributed by atoms with Gasteiger partial charge in [0.25, 0.3) is 0 Å². The number of ether oxygens (including phenoxy) is 2. The van der Waals surface area contributed by atoms with Crippen molar-refractivity contribution >= 4 is 12.0 Å². The highest BCUT2D eigenvalue weighted by molar-refractivity contribution is 5.86. The quantitative estimate of drug-likeness (QED) is 0.858. The van der Waals surface area contributed by atoms with Crippen LogP contribution in [0.4, 0.5) is 4.79 Å². The van der Waals surface area contributed by atoms with Crippen LogP contribution in [0.3, 0.4) is 0 Å². The molecule has 2 amide bonds. The molecule has 2 heterocycles. The van der Waals surface area contributed by atoms with Gasteiger partial charge in [-0.3, -0.25) is 4.79 Å². The maximum absolute atomic E-state index is 12.7. The molecule has 6 heteroatoms. The zero-order valence-corrected chi connectivity index (χ0v) is 13.1. The van der Waals surface area contributed by atoms with Crippen LogP contribution in [-0.2, 0) is 14.3 Å². The van der Waals surface area contributed by atoms with E-state index in [4.69, 9.17) is 4.74 Å². The van der Waals surface area contributed by atoms with E-state index < -0.39 is 12.1 Å². The van der Waals surface area contributed by atoms with Crippen LogP contribution >= 0.6 is 0 Å². The number of amides is 2. The summed E-state index contributed by atoms with van der Waals surface area (Å²) < 4.78 is 10.4. The molecule has 0 aliphatic carbocycles. The van der Waals surface area contributed by atoms with Gasteiger partial charge in [0, 0.05) is 13.1 Å². The summed E-state index contributed by atoms with van der Waals surface area (Å²) in [6.45, 7) is 5.59. The molecule has 2 aliphatic rings. The summed E-state index contributed by atoms with van der Waals surface area (Å²) in [5, 5.41) is 2.75. The highest BCUT2D eigenvalue weighted by Crippen LogP contribution is 2.29. The summed E-state index contributed by atoms with van der Waals surface area (Å²) in [5.74, 6) is 0.111. The molecule has 2 saturated heterocycles. The molecule has 2 fully saturated rings. The molecule has 21 heavy (non-hydrogen) atoms. The lowest BCUT2D eigenvalue weighted by molar-refractivity contribution is -0.136. The zero-order chi connectivity index (χ0) is 15.4. The molecule has 0 aromatic carbocycles. The van der Waals surface area contributed by atoms with E-state index in [1.165, 1.54) is 7.11 Å². The van der Waals surface area contributed by atoms with Crippen LogP contribution in [-0.4, -0.2) is 55.3 Å². The summed E-state index contributed by atoms with van der Waals surface area (Å²) in [4.78, 5) is 26.2. The molecule has 0 saturated carbocycles. The molecule has 1 N–H and O–H groups in total. The third kappa shape index (κ3) is 4.09. The summed E-state index contributed by atoms with van der Waals surface area (Å²) in [6, 6.07) is -0.510. The normalized spacial score (nSPS) is 30.8. The number of nitrogens with one attached hydrogen (secondary N) is 1. The van der Waals surface area contributed by atoms with E-state index in [0.29, 0.717) is 0 Å². The van der Waals surface area contributed by atoms with E-state index in [1.807, 2.05) is 18.7 Å². The fourth-order valence-electron chi connectivity index (χ4n) is 3.43. The summed E-state index contributed by atoms with van der Waals surface area (Å²) >= 11 is 0. The van der Waals surface area contributed by atoms with Crippen molar-refractivity contribution < 1.29 is 19.1 Å². The van der Waals surface area contributed by atoms with Crippen LogP contribution in [0.1, 0.15) is 39.5 Å². The minimum Gasteiger partial charge on any atom is -0.453 e. The third-order valence-electron chi connectivity index (χ3n) is 4.35. The molecule has 3 atom stereocenters. The van der Waals surface area contributed by atoms with Crippen molar-refractivity contribution in [1.82, 2.24) is 10.2 Å². The lowest BCUT2D eigenvalue weighted by Crippen LogP contribution is -2.54. The Hall–Kier alpha value is -1.30. The summed E-state index contributed by atoms with van der Waals surface area (Å²) in [7, 11) is 1.32. The molecule has 2 rings (SSSR count). The highest BCUT2D eigenvalue weighted by Gasteiger charge is 2.38. The largest absolute Gasteiger partial charge is 0.453 e. The smallest absolute Gasteiger partial charge is 0.407 e. The van der Waals surface area contributed by atoms with Crippen molar-refractivity contribution in [2.75, 3.05) is 20.2 Å². The monoisotopic (exact) mass is 298 g/mol. The van der Waals surface area contributed by atoms with Crippen LogP contribution in [0.2, 0.25) is 0 Å². The number of alkyl carbamates (subject to hydrolysis) is 1. The molecule has 0 radical (unpaired) electrons. The Morgan fingerprint density at radius 3 is 2.29 bits per heavy atom. The number of hydrogen-bond acceptors (Lipinski definition) is 4. The number of methoxy groups -OCH3 is 1. The van der Waals surface area contributed by atoms with Crippen molar-refractivity contribution in [3.8, 4) is 0 Å². The lowest BCUT2D eigenvalue weighted by atomic mass is 9.85. The van der Waals surface area contributed by atoms with Crippen molar-refractivity contribution in [3.05, 3.63) is 0 Å². The van der Waals surface area contributed by atoms with Gasteiger partial charge in [0.2, 0.25) is 5.91 Å².